The van der Waals surface area contributed by atoms with Crippen LogP contribution in [0.1, 0.15) is 6.92 Å². The molecule has 0 amide bonds. The first kappa shape index (κ1) is 13.0. The highest BCUT2D eigenvalue weighted by Crippen LogP contribution is 2.31. The summed E-state index contributed by atoms with van der Waals surface area (Å²) in [6, 6.07) is 5.90. The maximum Gasteiger partial charge on any atom is 0.146 e. The van der Waals surface area contributed by atoms with Crippen LogP contribution in [0.4, 0.5) is 0 Å². The van der Waals surface area contributed by atoms with Crippen molar-refractivity contribution < 1.29 is 4.74 Å². The Bertz CT molecular complexity index is 720. The summed E-state index contributed by atoms with van der Waals surface area (Å²) >= 11 is 1.58. The van der Waals surface area contributed by atoms with E-state index < -0.39 is 0 Å². The number of rotatable bonds is 5. The molecule has 3 rings (SSSR count). The van der Waals surface area contributed by atoms with Crippen LogP contribution in [0, 0.1) is 0 Å². The number of ether oxygens (including phenoxy) is 1. The first-order valence-corrected chi connectivity index (χ1v) is 7.25. The Kier molecular flexibility index (Phi) is 3.62. The fourth-order valence-electron chi connectivity index (χ4n) is 1.91. The lowest BCUT2D eigenvalue weighted by atomic mass is 10.3. The zero-order valence-corrected chi connectivity index (χ0v) is 11.9. The molecule has 0 unspecified atom stereocenters. The van der Waals surface area contributed by atoms with Gasteiger partial charge in [0.1, 0.15) is 16.5 Å². The summed E-state index contributed by atoms with van der Waals surface area (Å²) in [5.41, 5.74) is 7.22. The van der Waals surface area contributed by atoms with E-state index in [1.54, 1.807) is 16.0 Å². The van der Waals surface area contributed by atoms with Gasteiger partial charge in [0.2, 0.25) is 0 Å². The van der Waals surface area contributed by atoms with Gasteiger partial charge in [0.15, 0.2) is 0 Å². The highest BCUT2D eigenvalue weighted by molar-refractivity contribution is 7.21. The monoisotopic (exact) mass is 289 g/mol. The van der Waals surface area contributed by atoms with Crippen LogP contribution < -0.4 is 10.5 Å². The fourth-order valence-corrected chi connectivity index (χ4v) is 2.85. The van der Waals surface area contributed by atoms with Crippen molar-refractivity contribution in [2.45, 2.75) is 13.5 Å². The van der Waals surface area contributed by atoms with Crippen LogP contribution in [0.3, 0.4) is 0 Å². The quantitative estimate of drug-likeness (QED) is 0.776. The molecule has 2 aromatic heterocycles. The molecule has 0 radical (unpaired) electrons. The van der Waals surface area contributed by atoms with Crippen molar-refractivity contribution in [3.05, 3.63) is 24.4 Å². The number of nitrogens with zero attached hydrogens (tertiary/aromatic N) is 4. The molecule has 7 heteroatoms. The Labute approximate surface area is 120 Å². The van der Waals surface area contributed by atoms with E-state index in [4.69, 9.17) is 10.5 Å². The summed E-state index contributed by atoms with van der Waals surface area (Å²) in [4.78, 5) is 4.57. The number of hydrogen-bond acceptors (Lipinski definition) is 6. The van der Waals surface area contributed by atoms with E-state index in [1.807, 2.05) is 31.3 Å². The highest BCUT2D eigenvalue weighted by Gasteiger charge is 2.10. The number of aromatic nitrogens is 4. The molecule has 6 nitrogen and oxygen atoms in total. The van der Waals surface area contributed by atoms with Crippen molar-refractivity contribution in [2.24, 2.45) is 5.73 Å². The molecule has 0 aliphatic heterocycles. The van der Waals surface area contributed by atoms with Gasteiger partial charge in [-0.05, 0) is 25.1 Å². The Balaban J connectivity index is 1.94. The molecule has 0 atom stereocenters. The number of hydrogen-bond donors (Lipinski definition) is 1. The van der Waals surface area contributed by atoms with Crippen LogP contribution in [0.5, 0.6) is 5.75 Å². The van der Waals surface area contributed by atoms with Crippen LogP contribution in [0.15, 0.2) is 24.4 Å². The van der Waals surface area contributed by atoms with Gasteiger partial charge in [-0.25, -0.2) is 4.98 Å². The first-order chi connectivity index (χ1) is 9.80. The molecule has 2 N–H and O–H groups in total. The highest BCUT2D eigenvalue weighted by atomic mass is 32.1. The largest absolute Gasteiger partial charge is 0.494 e. The second-order valence-corrected chi connectivity index (χ2v) is 5.27. The van der Waals surface area contributed by atoms with Gasteiger partial charge in [-0.15, -0.1) is 16.4 Å². The number of nitrogens with two attached hydrogens (primary N) is 1. The lowest BCUT2D eigenvalue weighted by Crippen LogP contribution is -2.10. The van der Waals surface area contributed by atoms with Crippen molar-refractivity contribution in [1.82, 2.24) is 20.0 Å². The van der Waals surface area contributed by atoms with Crippen LogP contribution in [0.2, 0.25) is 0 Å². The van der Waals surface area contributed by atoms with Crippen LogP contribution in [-0.2, 0) is 6.54 Å². The molecule has 2 heterocycles. The first-order valence-electron chi connectivity index (χ1n) is 6.44. The van der Waals surface area contributed by atoms with Crippen molar-refractivity contribution in [2.75, 3.05) is 13.2 Å². The minimum atomic E-state index is 0.542. The van der Waals surface area contributed by atoms with Crippen molar-refractivity contribution in [3.63, 3.8) is 0 Å². The second-order valence-electron chi connectivity index (χ2n) is 4.24. The van der Waals surface area contributed by atoms with Gasteiger partial charge in [0.05, 0.1) is 29.6 Å². The average molecular weight is 289 g/mol. The van der Waals surface area contributed by atoms with Gasteiger partial charge in [0, 0.05) is 6.54 Å². The van der Waals surface area contributed by atoms with Crippen molar-refractivity contribution >= 4 is 21.6 Å². The SMILES string of the molecule is CCOc1ccc2nc(-c3cn(CCN)nn3)sc2c1. The number of thiazole rings is 1. The molecule has 0 saturated heterocycles. The fraction of sp³-hybridized carbons (Fsp3) is 0.308. The van der Waals surface area contributed by atoms with E-state index in [0.717, 1.165) is 26.7 Å². The van der Waals surface area contributed by atoms with Crippen molar-refractivity contribution in [3.8, 4) is 16.5 Å². The lowest BCUT2D eigenvalue weighted by molar-refractivity contribution is 0.341. The smallest absolute Gasteiger partial charge is 0.146 e. The molecule has 0 saturated carbocycles. The maximum absolute atomic E-state index is 5.50. The van der Waals surface area contributed by atoms with E-state index in [2.05, 4.69) is 15.3 Å². The molecule has 1 aromatic carbocycles. The molecule has 20 heavy (non-hydrogen) atoms. The van der Waals surface area contributed by atoms with Gasteiger partial charge in [-0.1, -0.05) is 5.21 Å². The van der Waals surface area contributed by atoms with Gasteiger partial charge in [-0.3, -0.25) is 4.68 Å². The summed E-state index contributed by atoms with van der Waals surface area (Å²) in [5, 5.41) is 9.02. The maximum atomic E-state index is 5.50. The van der Waals surface area contributed by atoms with E-state index in [0.29, 0.717) is 19.7 Å². The van der Waals surface area contributed by atoms with Gasteiger partial charge in [0.25, 0.3) is 0 Å². The predicted molar refractivity (Wildman–Crippen MR) is 78.9 cm³/mol. The normalized spacial score (nSPS) is 11.1. The lowest BCUT2D eigenvalue weighted by Gasteiger charge is -2.00. The van der Waals surface area contributed by atoms with Gasteiger partial charge < -0.3 is 10.5 Å². The third kappa shape index (κ3) is 2.50. The van der Waals surface area contributed by atoms with Crippen LogP contribution in [-0.4, -0.2) is 33.1 Å². The minimum absolute atomic E-state index is 0.542. The topological polar surface area (TPSA) is 78.9 Å². The zero-order valence-electron chi connectivity index (χ0n) is 11.1. The third-order valence-corrected chi connectivity index (χ3v) is 3.83. The van der Waals surface area contributed by atoms with E-state index >= 15 is 0 Å². The molecule has 104 valence electrons. The summed E-state index contributed by atoms with van der Waals surface area (Å²) in [6.07, 6.45) is 1.87. The molecule has 3 aromatic rings. The molecule has 0 aliphatic carbocycles. The number of fused-ring (bicyclic) bond motifs is 1. The van der Waals surface area contributed by atoms with E-state index in [1.165, 1.54) is 0 Å². The molecule has 0 spiro atoms. The number of benzene rings is 1. The Morgan fingerprint density at radius 3 is 3.10 bits per heavy atom. The zero-order chi connectivity index (χ0) is 13.9. The molecule has 0 aliphatic rings. The summed E-state index contributed by atoms with van der Waals surface area (Å²) < 4.78 is 8.31. The molecular formula is C13H15N5OS. The van der Waals surface area contributed by atoms with Crippen molar-refractivity contribution in [1.29, 1.82) is 0 Å². The summed E-state index contributed by atoms with van der Waals surface area (Å²) in [6.45, 7) is 3.83. The summed E-state index contributed by atoms with van der Waals surface area (Å²) in [7, 11) is 0. The molecular weight excluding hydrogens is 274 g/mol. The van der Waals surface area contributed by atoms with Gasteiger partial charge in [-0.2, -0.15) is 0 Å². The Hall–Kier alpha value is -1.99. The molecule has 0 fully saturated rings. The predicted octanol–water partition coefficient (Wildman–Crippen LogP) is 1.91. The van der Waals surface area contributed by atoms with E-state index in [9.17, 15) is 0 Å². The Morgan fingerprint density at radius 1 is 1.40 bits per heavy atom. The standard InChI is InChI=1S/C13H15N5OS/c1-2-19-9-3-4-10-12(7-9)20-13(15-10)11-8-18(6-5-14)17-16-11/h3-4,7-8H,2,5-6,14H2,1H3. The average Bonchev–Trinajstić information content (AvgIpc) is 3.05. The third-order valence-electron chi connectivity index (χ3n) is 2.79. The Morgan fingerprint density at radius 2 is 2.30 bits per heavy atom. The van der Waals surface area contributed by atoms with Crippen LogP contribution >= 0.6 is 11.3 Å². The van der Waals surface area contributed by atoms with Crippen LogP contribution in [0.25, 0.3) is 20.9 Å². The minimum Gasteiger partial charge on any atom is -0.494 e. The second kappa shape index (κ2) is 5.56. The van der Waals surface area contributed by atoms with E-state index in [-0.39, 0.29) is 0 Å². The molecule has 0 bridgehead atoms. The van der Waals surface area contributed by atoms with Gasteiger partial charge >= 0.3 is 0 Å². The summed E-state index contributed by atoms with van der Waals surface area (Å²) in [5.74, 6) is 0.863.